The Morgan fingerprint density at radius 3 is 2.60 bits per heavy atom. The number of carbonyl (C=O) groups is 3. The van der Waals surface area contributed by atoms with Crippen molar-refractivity contribution in [2.45, 2.75) is 56.8 Å². The average molecular weight is 601 g/mol. The van der Waals surface area contributed by atoms with E-state index < -0.39 is 17.7 Å². The second kappa shape index (κ2) is 12.8. The Kier molecular flexibility index (Phi) is 9.10. The van der Waals surface area contributed by atoms with E-state index >= 15 is 4.39 Å². The largest absolute Gasteiger partial charge is 0.481 e. The molecular weight excluding hydrogens is 567 g/mol. The number of aliphatic carboxylic acids is 1. The van der Waals surface area contributed by atoms with Crippen molar-refractivity contribution in [1.29, 1.82) is 0 Å². The molecule has 10 nitrogen and oxygen atoms in total. The monoisotopic (exact) mass is 600 g/mol. The minimum atomic E-state index is -0.768. The summed E-state index contributed by atoms with van der Waals surface area (Å²) < 4.78 is 28.4. The number of methoxy groups -OCH3 is 1. The van der Waals surface area contributed by atoms with Crippen LogP contribution < -0.4 is 5.32 Å². The van der Waals surface area contributed by atoms with Crippen LogP contribution in [0, 0.1) is 11.7 Å². The lowest BCUT2D eigenvalue weighted by Crippen LogP contribution is -2.39. The first-order valence-electron chi connectivity index (χ1n) is 14.0. The highest BCUT2D eigenvalue weighted by atomic mass is 35.5. The zero-order valence-corrected chi connectivity index (χ0v) is 24.3. The first-order chi connectivity index (χ1) is 20.1. The van der Waals surface area contributed by atoms with Gasteiger partial charge >= 0.3 is 5.97 Å². The summed E-state index contributed by atoms with van der Waals surface area (Å²) in [5.74, 6) is -2.58. The molecule has 2 heterocycles. The van der Waals surface area contributed by atoms with Gasteiger partial charge in [0.15, 0.2) is 5.69 Å². The molecule has 0 bridgehead atoms. The maximum Gasteiger partial charge on any atom is 0.306 e. The number of likely N-dealkylation sites (tertiary alicyclic amines) is 1. The fourth-order valence-corrected chi connectivity index (χ4v) is 6.23. The van der Waals surface area contributed by atoms with Crippen LogP contribution in [-0.2, 0) is 32.5 Å². The third-order valence-electron chi connectivity index (χ3n) is 8.16. The standard InChI is InChI=1S/C30H34ClFN4O6/c1-35-26-6-4-3-5-22(26)28(34-35)29(38)33-25-14-24(32)18(11-23(25)31)12-27(37)36-15-21(13-19(36)16-41-2)42-20-9-7-17(8-10-20)30(39)40/h3-6,11,14,17,19-21H,7-10,12-13,15-16H2,1-2H3,(H,33,38)(H,39,40)/t17?,19-,20?,21+/m0/s1. The van der Waals surface area contributed by atoms with E-state index in [0.29, 0.717) is 50.6 Å². The molecule has 12 heteroatoms. The number of nitrogens with one attached hydrogen (secondary N) is 1. The van der Waals surface area contributed by atoms with Crippen molar-refractivity contribution in [3.8, 4) is 0 Å². The second-order valence-electron chi connectivity index (χ2n) is 11.0. The number of hydrogen-bond donors (Lipinski definition) is 2. The lowest BCUT2D eigenvalue weighted by molar-refractivity contribution is -0.144. The van der Waals surface area contributed by atoms with E-state index in [1.54, 1.807) is 35.9 Å². The molecule has 2 atom stereocenters. The summed E-state index contributed by atoms with van der Waals surface area (Å²) in [7, 11) is 3.29. The van der Waals surface area contributed by atoms with Gasteiger partial charge in [0.25, 0.3) is 5.91 Å². The van der Waals surface area contributed by atoms with E-state index in [1.165, 1.54) is 6.07 Å². The highest BCUT2D eigenvalue weighted by molar-refractivity contribution is 6.34. The van der Waals surface area contributed by atoms with E-state index in [1.807, 2.05) is 12.1 Å². The molecule has 42 heavy (non-hydrogen) atoms. The van der Waals surface area contributed by atoms with Gasteiger partial charge in [0.05, 0.1) is 53.4 Å². The number of amides is 2. The zero-order chi connectivity index (χ0) is 30.0. The molecule has 2 fully saturated rings. The number of carboxylic acid groups (broad SMARTS) is 1. The van der Waals surface area contributed by atoms with Gasteiger partial charge in [0, 0.05) is 26.1 Å². The second-order valence-corrected chi connectivity index (χ2v) is 11.4. The Balaban J connectivity index is 1.23. The summed E-state index contributed by atoms with van der Waals surface area (Å²) in [6.45, 7) is 0.654. The fourth-order valence-electron chi connectivity index (χ4n) is 5.99. The molecule has 224 valence electrons. The third kappa shape index (κ3) is 6.43. The van der Waals surface area contributed by atoms with E-state index in [0.717, 1.165) is 11.6 Å². The minimum absolute atomic E-state index is 0.0491. The molecule has 1 aliphatic heterocycles. The van der Waals surface area contributed by atoms with Gasteiger partial charge in [-0.3, -0.25) is 19.1 Å². The molecule has 2 amide bonds. The molecule has 0 spiro atoms. The normalized spacial score (nSPS) is 22.4. The van der Waals surface area contributed by atoms with Crippen LogP contribution in [0.25, 0.3) is 10.9 Å². The molecule has 3 aromatic rings. The van der Waals surface area contributed by atoms with Gasteiger partial charge < -0.3 is 24.8 Å². The Bertz CT molecular complexity index is 1490. The van der Waals surface area contributed by atoms with Crippen LogP contribution in [-0.4, -0.2) is 76.1 Å². The predicted octanol–water partition coefficient (Wildman–Crippen LogP) is 4.44. The number of halogens is 2. The Labute approximate surface area is 247 Å². The molecule has 5 rings (SSSR count). The molecule has 2 aliphatic rings. The highest BCUT2D eigenvalue weighted by Gasteiger charge is 2.38. The molecule has 1 saturated carbocycles. The van der Waals surface area contributed by atoms with Crippen LogP contribution in [0.15, 0.2) is 36.4 Å². The van der Waals surface area contributed by atoms with Crippen molar-refractivity contribution in [3.05, 3.63) is 58.5 Å². The van der Waals surface area contributed by atoms with Crippen molar-refractivity contribution in [2.24, 2.45) is 13.0 Å². The number of rotatable bonds is 9. The number of carboxylic acids is 1. The van der Waals surface area contributed by atoms with E-state index in [2.05, 4.69) is 10.4 Å². The SMILES string of the molecule is COC[C@@H]1C[C@@H](OC2CCC(C(=O)O)CC2)CN1C(=O)Cc1cc(Cl)c(NC(=O)c2nn(C)c3ccccc23)cc1F. The Morgan fingerprint density at radius 2 is 1.88 bits per heavy atom. The van der Waals surface area contributed by atoms with Gasteiger partial charge in [-0.25, -0.2) is 4.39 Å². The number of aryl methyl sites for hydroxylation is 1. The summed E-state index contributed by atoms with van der Waals surface area (Å²) >= 11 is 6.43. The number of hydrogen-bond acceptors (Lipinski definition) is 6. The summed E-state index contributed by atoms with van der Waals surface area (Å²) in [6.07, 6.45) is 2.58. The fraction of sp³-hybridized carbons (Fsp3) is 0.467. The van der Waals surface area contributed by atoms with Crippen molar-refractivity contribution in [1.82, 2.24) is 14.7 Å². The first kappa shape index (κ1) is 29.9. The number of para-hydroxylation sites is 1. The number of fused-ring (bicyclic) bond motifs is 1. The molecule has 0 radical (unpaired) electrons. The number of ether oxygens (including phenoxy) is 2. The topological polar surface area (TPSA) is 123 Å². The van der Waals surface area contributed by atoms with Crippen molar-refractivity contribution in [3.63, 3.8) is 0 Å². The van der Waals surface area contributed by atoms with Crippen LogP contribution >= 0.6 is 11.6 Å². The lowest BCUT2D eigenvalue weighted by atomic mass is 9.87. The summed E-state index contributed by atoms with van der Waals surface area (Å²) in [4.78, 5) is 39.2. The molecule has 2 aromatic carbocycles. The molecule has 1 aromatic heterocycles. The van der Waals surface area contributed by atoms with Gasteiger partial charge in [-0.05, 0) is 55.9 Å². The maximum absolute atomic E-state index is 15.2. The Hall–Kier alpha value is -3.54. The average Bonchev–Trinajstić information content (AvgIpc) is 3.52. The zero-order valence-electron chi connectivity index (χ0n) is 23.5. The molecule has 2 N–H and O–H groups in total. The van der Waals surface area contributed by atoms with Crippen LogP contribution in [0.2, 0.25) is 5.02 Å². The third-order valence-corrected chi connectivity index (χ3v) is 8.48. The minimum Gasteiger partial charge on any atom is -0.481 e. The number of anilines is 1. The molecular formula is C30H34ClFN4O6. The van der Waals surface area contributed by atoms with Crippen LogP contribution in [0.5, 0.6) is 0 Å². The number of carbonyl (C=O) groups excluding carboxylic acids is 2. The van der Waals surface area contributed by atoms with E-state index in [-0.39, 0.29) is 58.5 Å². The number of nitrogens with zero attached hydrogens (tertiary/aromatic N) is 3. The summed E-state index contributed by atoms with van der Waals surface area (Å²) in [5.41, 5.74) is 1.16. The summed E-state index contributed by atoms with van der Waals surface area (Å²) in [6, 6.07) is 9.52. The van der Waals surface area contributed by atoms with Crippen molar-refractivity contribution in [2.75, 3.05) is 25.6 Å². The molecule has 1 aliphatic carbocycles. The quantitative estimate of drug-likeness (QED) is 0.372. The van der Waals surface area contributed by atoms with Gasteiger partial charge in [-0.1, -0.05) is 29.8 Å². The van der Waals surface area contributed by atoms with Gasteiger partial charge in [0.1, 0.15) is 5.82 Å². The van der Waals surface area contributed by atoms with Crippen LogP contribution in [0.3, 0.4) is 0 Å². The molecule has 1 saturated heterocycles. The van der Waals surface area contributed by atoms with E-state index in [9.17, 15) is 19.5 Å². The lowest BCUT2D eigenvalue weighted by Gasteiger charge is -2.28. The Morgan fingerprint density at radius 1 is 1.14 bits per heavy atom. The van der Waals surface area contributed by atoms with Crippen LogP contribution in [0.1, 0.15) is 48.2 Å². The molecule has 0 unspecified atom stereocenters. The van der Waals surface area contributed by atoms with Gasteiger partial charge in [-0.2, -0.15) is 5.10 Å². The maximum atomic E-state index is 15.2. The van der Waals surface area contributed by atoms with Crippen LogP contribution in [0.4, 0.5) is 10.1 Å². The van der Waals surface area contributed by atoms with Gasteiger partial charge in [-0.15, -0.1) is 0 Å². The highest BCUT2D eigenvalue weighted by Crippen LogP contribution is 2.32. The van der Waals surface area contributed by atoms with Crippen molar-refractivity contribution >= 4 is 46.0 Å². The first-order valence-corrected chi connectivity index (χ1v) is 14.4. The summed E-state index contributed by atoms with van der Waals surface area (Å²) in [5, 5.41) is 16.9. The smallest absolute Gasteiger partial charge is 0.306 e. The van der Waals surface area contributed by atoms with E-state index in [4.69, 9.17) is 21.1 Å². The van der Waals surface area contributed by atoms with Crippen molar-refractivity contribution < 1.29 is 33.4 Å². The number of benzene rings is 2. The number of aromatic nitrogens is 2. The van der Waals surface area contributed by atoms with Gasteiger partial charge in [0.2, 0.25) is 5.91 Å². The predicted molar refractivity (Wildman–Crippen MR) is 154 cm³/mol.